The lowest BCUT2D eigenvalue weighted by Gasteiger charge is -2.13. The van der Waals surface area contributed by atoms with Crippen LogP contribution in [0.3, 0.4) is 0 Å². The molecule has 1 aliphatic carbocycles. The average Bonchev–Trinajstić information content (AvgIpc) is 2.58. The van der Waals surface area contributed by atoms with E-state index in [2.05, 4.69) is 38.7 Å². The molecule has 1 unspecified atom stereocenters. The molecule has 0 bridgehead atoms. The number of nitrogens with zero attached hydrogens (tertiary/aromatic N) is 1. The predicted molar refractivity (Wildman–Crippen MR) is 62.2 cm³/mol. The van der Waals surface area contributed by atoms with E-state index >= 15 is 0 Å². The van der Waals surface area contributed by atoms with Gasteiger partial charge < -0.3 is 5.73 Å². The van der Waals surface area contributed by atoms with Crippen molar-refractivity contribution in [3.05, 3.63) is 30.1 Å². The van der Waals surface area contributed by atoms with Gasteiger partial charge in [-0.25, -0.2) is 0 Å². The van der Waals surface area contributed by atoms with Gasteiger partial charge in [0.1, 0.15) is 0 Å². The van der Waals surface area contributed by atoms with Gasteiger partial charge in [-0.15, -0.1) is 0 Å². The summed E-state index contributed by atoms with van der Waals surface area (Å²) < 4.78 is 0. The molecular weight excluding hydrogens is 184 g/mol. The van der Waals surface area contributed by atoms with E-state index in [1.807, 2.05) is 12.3 Å². The summed E-state index contributed by atoms with van der Waals surface area (Å²) in [5, 5.41) is 0. The lowest BCUT2D eigenvalue weighted by Crippen LogP contribution is -2.16. The minimum atomic E-state index is 0.115. The van der Waals surface area contributed by atoms with Gasteiger partial charge in [-0.1, -0.05) is 33.8 Å². The van der Waals surface area contributed by atoms with Crippen molar-refractivity contribution in [3.63, 3.8) is 0 Å². The molecule has 1 saturated carbocycles. The summed E-state index contributed by atoms with van der Waals surface area (Å²) in [6, 6.07) is 4.14. The minimum absolute atomic E-state index is 0.115. The van der Waals surface area contributed by atoms with E-state index in [9.17, 15) is 0 Å². The van der Waals surface area contributed by atoms with Gasteiger partial charge in [0.25, 0.3) is 0 Å². The van der Waals surface area contributed by atoms with Crippen LogP contribution in [-0.4, -0.2) is 4.98 Å². The molecule has 1 aliphatic rings. The predicted octanol–water partition coefficient (Wildman–Crippen LogP) is 2.76. The molecule has 0 spiro atoms. The second kappa shape index (κ2) is 3.05. The molecule has 0 radical (unpaired) electrons. The molecule has 1 aromatic heterocycles. The second-order valence-corrected chi connectivity index (χ2v) is 5.73. The summed E-state index contributed by atoms with van der Waals surface area (Å²) in [5.74, 6) is 0.550. The summed E-state index contributed by atoms with van der Waals surface area (Å²) in [6.07, 6.45) is 3.68. The topological polar surface area (TPSA) is 38.9 Å². The van der Waals surface area contributed by atoms with Gasteiger partial charge in [0.15, 0.2) is 0 Å². The Morgan fingerprint density at radius 3 is 2.27 bits per heavy atom. The SMILES string of the molecule is CC1(C)C(C(N)c2cccnc2)C1(C)C. The number of nitrogens with two attached hydrogens (primary N) is 1. The highest BCUT2D eigenvalue weighted by molar-refractivity contribution is 5.24. The summed E-state index contributed by atoms with van der Waals surface area (Å²) in [6.45, 7) is 9.20. The molecule has 1 atom stereocenters. The van der Waals surface area contributed by atoms with Gasteiger partial charge in [-0.2, -0.15) is 0 Å². The van der Waals surface area contributed by atoms with Crippen molar-refractivity contribution in [2.24, 2.45) is 22.5 Å². The maximum atomic E-state index is 6.31. The Labute approximate surface area is 91.9 Å². The summed E-state index contributed by atoms with van der Waals surface area (Å²) in [7, 11) is 0. The molecule has 15 heavy (non-hydrogen) atoms. The molecule has 2 rings (SSSR count). The fourth-order valence-electron chi connectivity index (χ4n) is 2.91. The largest absolute Gasteiger partial charge is 0.324 e. The van der Waals surface area contributed by atoms with E-state index in [0.29, 0.717) is 16.7 Å². The van der Waals surface area contributed by atoms with Crippen LogP contribution in [0.4, 0.5) is 0 Å². The van der Waals surface area contributed by atoms with Crippen LogP contribution in [0.2, 0.25) is 0 Å². The molecule has 0 aromatic carbocycles. The third-order valence-corrected chi connectivity index (χ3v) is 4.56. The smallest absolute Gasteiger partial charge is 0.0349 e. The fraction of sp³-hybridized carbons (Fsp3) is 0.615. The van der Waals surface area contributed by atoms with Gasteiger partial charge in [0, 0.05) is 18.4 Å². The molecule has 82 valence electrons. The highest BCUT2D eigenvalue weighted by Crippen LogP contribution is 2.71. The van der Waals surface area contributed by atoms with Crippen molar-refractivity contribution < 1.29 is 0 Å². The Bertz CT molecular complexity index is 340. The van der Waals surface area contributed by atoms with Crippen molar-refractivity contribution in [2.75, 3.05) is 0 Å². The number of hydrogen-bond donors (Lipinski definition) is 1. The third kappa shape index (κ3) is 1.39. The number of rotatable bonds is 2. The molecule has 2 N–H and O–H groups in total. The van der Waals surface area contributed by atoms with Gasteiger partial charge in [-0.05, 0) is 28.4 Å². The Balaban J connectivity index is 2.22. The molecule has 2 heteroatoms. The maximum absolute atomic E-state index is 6.31. The van der Waals surface area contributed by atoms with E-state index < -0.39 is 0 Å². The average molecular weight is 204 g/mol. The van der Waals surface area contributed by atoms with Crippen LogP contribution in [0.1, 0.15) is 39.3 Å². The summed E-state index contributed by atoms with van der Waals surface area (Å²) in [4.78, 5) is 4.13. The fourth-order valence-corrected chi connectivity index (χ4v) is 2.91. The number of hydrogen-bond acceptors (Lipinski definition) is 2. The minimum Gasteiger partial charge on any atom is -0.324 e. The Morgan fingerprint density at radius 2 is 1.87 bits per heavy atom. The van der Waals surface area contributed by atoms with E-state index in [1.54, 1.807) is 6.20 Å². The molecule has 1 fully saturated rings. The van der Waals surface area contributed by atoms with Gasteiger partial charge in [0.2, 0.25) is 0 Å². The van der Waals surface area contributed by atoms with Gasteiger partial charge >= 0.3 is 0 Å². The zero-order chi connectivity index (χ0) is 11.3. The van der Waals surface area contributed by atoms with Crippen LogP contribution in [-0.2, 0) is 0 Å². The molecule has 1 heterocycles. The summed E-state index contributed by atoms with van der Waals surface area (Å²) >= 11 is 0. The first-order valence-corrected chi connectivity index (χ1v) is 5.54. The van der Waals surface area contributed by atoms with E-state index in [0.717, 1.165) is 5.56 Å². The first kappa shape index (κ1) is 10.6. The van der Waals surface area contributed by atoms with Crippen LogP contribution in [0.5, 0.6) is 0 Å². The van der Waals surface area contributed by atoms with E-state index in [4.69, 9.17) is 5.73 Å². The first-order valence-electron chi connectivity index (χ1n) is 5.54. The normalized spacial score (nSPS) is 24.9. The van der Waals surface area contributed by atoms with Crippen molar-refractivity contribution in [2.45, 2.75) is 33.7 Å². The Kier molecular flexibility index (Phi) is 2.16. The van der Waals surface area contributed by atoms with Crippen LogP contribution < -0.4 is 5.73 Å². The van der Waals surface area contributed by atoms with Crippen LogP contribution in [0.15, 0.2) is 24.5 Å². The highest BCUT2D eigenvalue weighted by atomic mass is 14.8. The number of aromatic nitrogens is 1. The van der Waals surface area contributed by atoms with Crippen LogP contribution >= 0.6 is 0 Å². The Hall–Kier alpha value is -0.890. The first-order chi connectivity index (χ1) is 6.89. The molecule has 0 aliphatic heterocycles. The van der Waals surface area contributed by atoms with Crippen molar-refractivity contribution in [3.8, 4) is 0 Å². The van der Waals surface area contributed by atoms with Crippen molar-refractivity contribution in [1.29, 1.82) is 0 Å². The maximum Gasteiger partial charge on any atom is 0.0349 e. The van der Waals surface area contributed by atoms with Crippen molar-refractivity contribution in [1.82, 2.24) is 4.98 Å². The van der Waals surface area contributed by atoms with E-state index in [1.165, 1.54) is 0 Å². The van der Waals surface area contributed by atoms with Gasteiger partial charge in [-0.3, -0.25) is 4.98 Å². The quantitative estimate of drug-likeness (QED) is 0.804. The zero-order valence-corrected chi connectivity index (χ0v) is 9.99. The monoisotopic (exact) mass is 204 g/mol. The summed E-state index contributed by atoms with van der Waals surface area (Å²) in [5.41, 5.74) is 8.14. The van der Waals surface area contributed by atoms with E-state index in [-0.39, 0.29) is 6.04 Å². The van der Waals surface area contributed by atoms with Crippen LogP contribution in [0, 0.1) is 16.7 Å². The lowest BCUT2D eigenvalue weighted by molar-refractivity contribution is 0.457. The third-order valence-electron chi connectivity index (χ3n) is 4.56. The number of pyridine rings is 1. The molecule has 2 nitrogen and oxygen atoms in total. The molecular formula is C13H20N2. The van der Waals surface area contributed by atoms with Crippen molar-refractivity contribution >= 4 is 0 Å². The molecule has 0 saturated heterocycles. The standard InChI is InChI=1S/C13H20N2/c1-12(2)11(13(12,3)4)10(14)9-6-5-7-15-8-9/h5-8,10-11H,14H2,1-4H3. The molecule has 1 aromatic rings. The highest BCUT2D eigenvalue weighted by Gasteiger charge is 2.66. The van der Waals surface area contributed by atoms with Crippen LogP contribution in [0.25, 0.3) is 0 Å². The Morgan fingerprint density at radius 1 is 1.27 bits per heavy atom. The van der Waals surface area contributed by atoms with Gasteiger partial charge in [0.05, 0.1) is 0 Å². The molecule has 0 amide bonds. The zero-order valence-electron chi connectivity index (χ0n) is 9.99. The second-order valence-electron chi connectivity index (χ2n) is 5.73. The lowest BCUT2D eigenvalue weighted by atomic mass is 9.99.